The molecule has 6 nitrogen and oxygen atoms in total. The van der Waals surface area contributed by atoms with Gasteiger partial charge in [0.05, 0.1) is 19.8 Å². The summed E-state index contributed by atoms with van der Waals surface area (Å²) in [7, 11) is 3.29. The van der Waals surface area contributed by atoms with Crippen LogP contribution in [0.4, 0.5) is 0 Å². The lowest BCUT2D eigenvalue weighted by atomic mass is 9.91. The molecule has 0 aliphatic heterocycles. The average molecular weight is 447 g/mol. The number of benzene rings is 3. The van der Waals surface area contributed by atoms with Crippen LogP contribution in [0, 0.1) is 0 Å². The number of aliphatic imine (C=N–C) groups is 1. The van der Waals surface area contributed by atoms with E-state index in [1.54, 1.807) is 20.3 Å². The fraction of sp³-hybridized carbons (Fsp3) is 0.259. The molecule has 0 saturated carbocycles. The van der Waals surface area contributed by atoms with Crippen LogP contribution >= 0.6 is 0 Å². The highest BCUT2D eigenvalue weighted by molar-refractivity contribution is 6.02. The zero-order valence-electron chi connectivity index (χ0n) is 19.3. The molecule has 3 aromatic carbocycles. The third-order valence-corrected chi connectivity index (χ3v) is 5.54. The van der Waals surface area contributed by atoms with Gasteiger partial charge in [-0.3, -0.25) is 9.79 Å². The Morgan fingerprint density at radius 2 is 1.79 bits per heavy atom. The van der Waals surface area contributed by atoms with Crippen molar-refractivity contribution in [3.8, 4) is 22.6 Å². The molecule has 0 aliphatic rings. The number of hydrogen-bond donors (Lipinski definition) is 2. The summed E-state index contributed by atoms with van der Waals surface area (Å²) in [5.41, 5.74) is 10.3. The number of carboxylic acid groups (broad SMARTS) is 1. The van der Waals surface area contributed by atoms with Gasteiger partial charge in [0.25, 0.3) is 0 Å². The molecule has 33 heavy (non-hydrogen) atoms. The number of allylic oxidation sites excluding steroid dienone is 1. The van der Waals surface area contributed by atoms with Gasteiger partial charge in [-0.05, 0) is 53.6 Å². The minimum Gasteiger partial charge on any atom is -0.496 e. The number of carboxylic acids is 1. The maximum atomic E-state index is 11.1. The van der Waals surface area contributed by atoms with E-state index in [0.717, 1.165) is 38.7 Å². The maximum Gasteiger partial charge on any atom is 0.303 e. The van der Waals surface area contributed by atoms with Gasteiger partial charge in [0.1, 0.15) is 11.5 Å². The maximum absolute atomic E-state index is 11.1. The Bertz CT molecular complexity index is 1200. The predicted octanol–water partition coefficient (Wildman–Crippen LogP) is 5.02. The molecule has 0 bridgehead atoms. The van der Waals surface area contributed by atoms with Gasteiger partial charge in [0.15, 0.2) is 0 Å². The Kier molecular flexibility index (Phi) is 8.08. The first-order valence-electron chi connectivity index (χ1n) is 10.9. The van der Waals surface area contributed by atoms with Crippen molar-refractivity contribution in [2.45, 2.75) is 26.2 Å². The Balaban J connectivity index is 2.22. The highest BCUT2D eigenvalue weighted by atomic mass is 16.5. The first-order valence-corrected chi connectivity index (χ1v) is 10.9. The monoisotopic (exact) mass is 446 g/mol. The second kappa shape index (κ2) is 11.2. The molecule has 0 aliphatic carbocycles. The minimum absolute atomic E-state index is 0.0830. The molecular weight excluding hydrogens is 416 g/mol. The number of fused-ring (bicyclic) bond motifs is 1. The SMILES string of the molecule is CCN=C(/C=C\N)Cc1ccc(OC)c(-c2cccc3c(CCC(=O)O)cccc23)c1OC. The number of carbonyl (C=O) groups is 1. The zero-order chi connectivity index (χ0) is 23.8. The summed E-state index contributed by atoms with van der Waals surface area (Å²) < 4.78 is 11.7. The smallest absolute Gasteiger partial charge is 0.303 e. The van der Waals surface area contributed by atoms with Crippen LogP contribution in [-0.2, 0) is 17.6 Å². The molecule has 0 atom stereocenters. The van der Waals surface area contributed by atoms with Gasteiger partial charge in [-0.15, -0.1) is 0 Å². The van der Waals surface area contributed by atoms with Gasteiger partial charge in [0, 0.05) is 30.7 Å². The number of hydrogen-bond acceptors (Lipinski definition) is 5. The Morgan fingerprint density at radius 1 is 1.03 bits per heavy atom. The van der Waals surface area contributed by atoms with Gasteiger partial charge in [-0.1, -0.05) is 42.5 Å². The van der Waals surface area contributed by atoms with E-state index >= 15 is 0 Å². The Labute approximate surface area is 194 Å². The summed E-state index contributed by atoms with van der Waals surface area (Å²) in [6.45, 7) is 2.65. The number of nitrogens with zero attached hydrogens (tertiary/aromatic N) is 1. The summed E-state index contributed by atoms with van der Waals surface area (Å²) in [4.78, 5) is 15.7. The zero-order valence-corrected chi connectivity index (χ0v) is 19.3. The van der Waals surface area contributed by atoms with Crippen molar-refractivity contribution >= 4 is 22.5 Å². The quantitative estimate of drug-likeness (QED) is 0.427. The van der Waals surface area contributed by atoms with Crippen molar-refractivity contribution < 1.29 is 19.4 Å². The summed E-state index contributed by atoms with van der Waals surface area (Å²) in [6, 6.07) is 16.0. The third-order valence-electron chi connectivity index (χ3n) is 5.54. The molecule has 0 fully saturated rings. The van der Waals surface area contributed by atoms with E-state index in [-0.39, 0.29) is 6.42 Å². The van der Waals surface area contributed by atoms with Gasteiger partial charge in [-0.25, -0.2) is 0 Å². The van der Waals surface area contributed by atoms with Crippen LogP contribution in [0.5, 0.6) is 11.5 Å². The van der Waals surface area contributed by atoms with Gasteiger partial charge in [-0.2, -0.15) is 0 Å². The molecule has 0 heterocycles. The van der Waals surface area contributed by atoms with E-state index in [0.29, 0.717) is 30.9 Å². The largest absolute Gasteiger partial charge is 0.496 e. The lowest BCUT2D eigenvalue weighted by molar-refractivity contribution is -0.136. The third kappa shape index (κ3) is 5.34. The fourth-order valence-electron chi connectivity index (χ4n) is 4.13. The second-order valence-electron chi connectivity index (χ2n) is 7.55. The van der Waals surface area contributed by atoms with E-state index in [2.05, 4.69) is 4.99 Å². The first-order chi connectivity index (χ1) is 16.0. The molecular formula is C27H30N2O4. The standard InChI is InChI=1S/C27H30N2O4/c1-4-29-20(15-16-28)17-19-11-13-24(32-2)26(27(19)33-3)23-10-6-8-21-18(12-14-25(30)31)7-5-9-22(21)23/h5-11,13,15-16H,4,12,14,17,28H2,1-3H3,(H,30,31)/b16-15-,29-20?. The minimum atomic E-state index is -0.810. The van der Waals surface area contributed by atoms with Gasteiger partial charge in [0.2, 0.25) is 0 Å². The van der Waals surface area contributed by atoms with Crippen molar-refractivity contribution in [1.82, 2.24) is 0 Å². The van der Waals surface area contributed by atoms with Crippen LogP contribution in [0.3, 0.4) is 0 Å². The van der Waals surface area contributed by atoms with E-state index in [9.17, 15) is 4.79 Å². The number of methoxy groups -OCH3 is 2. The van der Waals surface area contributed by atoms with E-state index in [4.69, 9.17) is 20.3 Å². The molecule has 0 spiro atoms. The predicted molar refractivity (Wildman–Crippen MR) is 133 cm³/mol. The summed E-state index contributed by atoms with van der Waals surface area (Å²) in [5, 5.41) is 11.2. The molecule has 6 heteroatoms. The molecule has 3 rings (SSSR count). The van der Waals surface area contributed by atoms with Crippen molar-refractivity contribution in [3.63, 3.8) is 0 Å². The van der Waals surface area contributed by atoms with Gasteiger partial charge < -0.3 is 20.3 Å². The van der Waals surface area contributed by atoms with Crippen molar-refractivity contribution in [2.75, 3.05) is 20.8 Å². The summed E-state index contributed by atoms with van der Waals surface area (Å²) in [6.07, 6.45) is 4.41. The summed E-state index contributed by atoms with van der Waals surface area (Å²) in [5.74, 6) is 0.602. The lowest BCUT2D eigenvalue weighted by Gasteiger charge is -2.19. The van der Waals surface area contributed by atoms with Crippen molar-refractivity contribution in [3.05, 3.63) is 71.9 Å². The van der Waals surface area contributed by atoms with E-state index < -0.39 is 5.97 Å². The van der Waals surface area contributed by atoms with Crippen molar-refractivity contribution in [1.29, 1.82) is 0 Å². The second-order valence-corrected chi connectivity index (χ2v) is 7.55. The van der Waals surface area contributed by atoms with Crippen LogP contribution in [0.25, 0.3) is 21.9 Å². The first kappa shape index (κ1) is 23.9. The van der Waals surface area contributed by atoms with Gasteiger partial charge >= 0.3 is 5.97 Å². The van der Waals surface area contributed by atoms with Crippen LogP contribution in [0.1, 0.15) is 24.5 Å². The molecule has 0 aromatic heterocycles. The van der Waals surface area contributed by atoms with Crippen molar-refractivity contribution in [2.24, 2.45) is 10.7 Å². The molecule has 172 valence electrons. The molecule has 0 saturated heterocycles. The summed E-state index contributed by atoms with van der Waals surface area (Å²) >= 11 is 0. The highest BCUT2D eigenvalue weighted by Crippen LogP contribution is 2.44. The Hall–Kier alpha value is -3.80. The number of aliphatic carboxylic acids is 1. The molecule has 0 amide bonds. The topological polar surface area (TPSA) is 94.1 Å². The average Bonchev–Trinajstić information content (AvgIpc) is 2.82. The van der Waals surface area contributed by atoms with Crippen LogP contribution in [0.2, 0.25) is 0 Å². The van der Waals surface area contributed by atoms with Crippen LogP contribution < -0.4 is 15.2 Å². The van der Waals surface area contributed by atoms with Crippen LogP contribution in [-0.4, -0.2) is 37.6 Å². The fourth-order valence-corrected chi connectivity index (χ4v) is 4.13. The van der Waals surface area contributed by atoms with Crippen LogP contribution in [0.15, 0.2) is 65.8 Å². The lowest BCUT2D eigenvalue weighted by Crippen LogP contribution is -2.05. The van der Waals surface area contributed by atoms with E-state index in [1.807, 2.05) is 55.5 Å². The number of aryl methyl sites for hydroxylation is 1. The number of nitrogens with two attached hydrogens (primary N) is 1. The highest BCUT2D eigenvalue weighted by Gasteiger charge is 2.20. The molecule has 0 radical (unpaired) electrons. The Morgan fingerprint density at radius 3 is 2.45 bits per heavy atom. The normalized spacial score (nSPS) is 11.8. The number of ether oxygens (including phenoxy) is 2. The molecule has 3 N–H and O–H groups in total. The van der Waals surface area contributed by atoms with E-state index in [1.165, 1.54) is 6.20 Å². The molecule has 3 aromatic rings. The molecule has 0 unspecified atom stereocenters. The number of rotatable bonds is 10.